The van der Waals surface area contributed by atoms with E-state index in [-0.39, 0.29) is 11.4 Å². The van der Waals surface area contributed by atoms with Crippen LogP contribution in [0.15, 0.2) is 59.5 Å². The summed E-state index contributed by atoms with van der Waals surface area (Å²) in [7, 11) is -3.60. The van der Waals surface area contributed by atoms with E-state index >= 15 is 0 Å². The Balaban J connectivity index is 1.98. The average molecular weight is 321 g/mol. The highest BCUT2D eigenvalue weighted by Crippen LogP contribution is 2.17. The zero-order valence-electron chi connectivity index (χ0n) is 12.3. The van der Waals surface area contributed by atoms with Crippen LogP contribution in [0.5, 0.6) is 5.75 Å². The number of sulfonamides is 1. The van der Waals surface area contributed by atoms with Crippen LogP contribution in [0.2, 0.25) is 0 Å². The first-order chi connectivity index (χ1) is 10.5. The molecule has 2 rings (SSSR count). The summed E-state index contributed by atoms with van der Waals surface area (Å²) in [5.74, 6) is 0.596. The summed E-state index contributed by atoms with van der Waals surface area (Å²) in [5, 5.41) is 9.14. The van der Waals surface area contributed by atoms with Gasteiger partial charge in [0, 0.05) is 6.54 Å². The molecule has 0 fully saturated rings. The van der Waals surface area contributed by atoms with E-state index < -0.39 is 16.1 Å². The third-order valence-electron chi connectivity index (χ3n) is 2.95. The molecule has 0 aliphatic heterocycles. The monoisotopic (exact) mass is 321 g/mol. The highest BCUT2D eigenvalue weighted by molar-refractivity contribution is 7.89. The second kappa shape index (κ2) is 7.40. The molecule has 0 radical (unpaired) electrons. The summed E-state index contributed by atoms with van der Waals surface area (Å²) >= 11 is 0. The molecule has 0 heterocycles. The topological polar surface area (TPSA) is 75.6 Å². The SMILES string of the molecule is CC(O)CNS(=O)(=O)c1ccc(OCc2ccccc2)cc1. The highest BCUT2D eigenvalue weighted by atomic mass is 32.2. The van der Waals surface area contributed by atoms with E-state index in [1.807, 2.05) is 30.3 Å². The summed E-state index contributed by atoms with van der Waals surface area (Å²) in [4.78, 5) is 0.139. The predicted molar refractivity (Wildman–Crippen MR) is 84.1 cm³/mol. The maximum Gasteiger partial charge on any atom is 0.240 e. The van der Waals surface area contributed by atoms with Gasteiger partial charge in [0.2, 0.25) is 10.0 Å². The maximum absolute atomic E-state index is 12.0. The van der Waals surface area contributed by atoms with E-state index in [9.17, 15) is 8.42 Å². The van der Waals surface area contributed by atoms with Crippen LogP contribution in [-0.2, 0) is 16.6 Å². The van der Waals surface area contributed by atoms with E-state index in [2.05, 4.69) is 4.72 Å². The predicted octanol–water partition coefficient (Wildman–Crippen LogP) is 1.92. The van der Waals surface area contributed by atoms with Crippen molar-refractivity contribution < 1.29 is 18.3 Å². The van der Waals surface area contributed by atoms with Crippen LogP contribution in [0.25, 0.3) is 0 Å². The van der Waals surface area contributed by atoms with Gasteiger partial charge in [0.25, 0.3) is 0 Å². The Hall–Kier alpha value is -1.89. The molecule has 2 aromatic carbocycles. The minimum atomic E-state index is -3.60. The molecule has 2 N–H and O–H groups in total. The first-order valence-electron chi connectivity index (χ1n) is 6.92. The summed E-state index contributed by atoms with van der Waals surface area (Å²) < 4.78 is 31.9. The van der Waals surface area contributed by atoms with E-state index in [0.29, 0.717) is 12.4 Å². The first kappa shape index (κ1) is 16.5. The van der Waals surface area contributed by atoms with Gasteiger partial charge in [0.1, 0.15) is 12.4 Å². The Bertz CT molecular complexity index is 682. The van der Waals surface area contributed by atoms with E-state index in [4.69, 9.17) is 9.84 Å². The quantitative estimate of drug-likeness (QED) is 0.817. The Morgan fingerprint density at radius 2 is 1.73 bits per heavy atom. The van der Waals surface area contributed by atoms with Crippen molar-refractivity contribution in [3.63, 3.8) is 0 Å². The number of rotatable bonds is 7. The fourth-order valence-electron chi connectivity index (χ4n) is 1.77. The minimum Gasteiger partial charge on any atom is -0.489 e. The van der Waals surface area contributed by atoms with Crippen molar-refractivity contribution in [1.82, 2.24) is 4.72 Å². The molecule has 0 aliphatic rings. The lowest BCUT2D eigenvalue weighted by Gasteiger charge is -2.10. The van der Waals surface area contributed by atoms with Crippen LogP contribution >= 0.6 is 0 Å². The van der Waals surface area contributed by atoms with Crippen LogP contribution in [0, 0.1) is 0 Å². The Morgan fingerprint density at radius 3 is 2.32 bits per heavy atom. The molecule has 5 nitrogen and oxygen atoms in total. The molecular weight excluding hydrogens is 302 g/mol. The molecule has 0 bridgehead atoms. The van der Waals surface area contributed by atoms with Crippen LogP contribution in [0.1, 0.15) is 12.5 Å². The molecular formula is C16H19NO4S. The van der Waals surface area contributed by atoms with Crippen LogP contribution < -0.4 is 9.46 Å². The van der Waals surface area contributed by atoms with Gasteiger partial charge in [-0.25, -0.2) is 13.1 Å². The van der Waals surface area contributed by atoms with Crippen LogP contribution in [0.4, 0.5) is 0 Å². The van der Waals surface area contributed by atoms with Crippen molar-refractivity contribution in [2.45, 2.75) is 24.5 Å². The smallest absolute Gasteiger partial charge is 0.240 e. The van der Waals surface area contributed by atoms with E-state index in [1.165, 1.54) is 19.1 Å². The number of ether oxygens (including phenoxy) is 1. The Labute approximate surface area is 130 Å². The molecule has 2 aromatic rings. The Morgan fingerprint density at radius 1 is 1.09 bits per heavy atom. The molecule has 0 saturated carbocycles. The van der Waals surface area contributed by atoms with Gasteiger partial charge in [0.15, 0.2) is 0 Å². The number of nitrogens with one attached hydrogen (secondary N) is 1. The lowest BCUT2D eigenvalue weighted by atomic mass is 10.2. The van der Waals surface area contributed by atoms with E-state index in [0.717, 1.165) is 5.56 Å². The normalized spacial score (nSPS) is 12.8. The second-order valence-electron chi connectivity index (χ2n) is 4.95. The first-order valence-corrected chi connectivity index (χ1v) is 8.40. The maximum atomic E-state index is 12.0. The average Bonchev–Trinajstić information content (AvgIpc) is 2.52. The summed E-state index contributed by atoms with van der Waals surface area (Å²) in [5.41, 5.74) is 1.04. The molecule has 1 unspecified atom stereocenters. The van der Waals surface area contributed by atoms with E-state index in [1.54, 1.807) is 12.1 Å². The second-order valence-corrected chi connectivity index (χ2v) is 6.71. The molecule has 0 aromatic heterocycles. The zero-order valence-corrected chi connectivity index (χ0v) is 13.1. The summed E-state index contributed by atoms with van der Waals surface area (Å²) in [6, 6.07) is 15.9. The third-order valence-corrected chi connectivity index (χ3v) is 4.39. The largest absolute Gasteiger partial charge is 0.489 e. The van der Waals surface area contributed by atoms with Crippen molar-refractivity contribution in [2.24, 2.45) is 0 Å². The number of aliphatic hydroxyl groups excluding tert-OH is 1. The summed E-state index contributed by atoms with van der Waals surface area (Å²) in [6.07, 6.45) is -0.733. The Kier molecular flexibility index (Phi) is 5.54. The van der Waals surface area contributed by atoms with Crippen molar-refractivity contribution in [2.75, 3.05) is 6.54 Å². The van der Waals surface area contributed by atoms with Gasteiger partial charge in [-0.05, 0) is 36.8 Å². The molecule has 22 heavy (non-hydrogen) atoms. The zero-order chi connectivity index (χ0) is 16.0. The van der Waals surface area contributed by atoms with Gasteiger partial charge in [-0.2, -0.15) is 0 Å². The molecule has 6 heteroatoms. The van der Waals surface area contributed by atoms with Crippen LogP contribution in [0.3, 0.4) is 0 Å². The minimum absolute atomic E-state index is 0.0193. The van der Waals surface area contributed by atoms with Crippen molar-refractivity contribution in [3.05, 3.63) is 60.2 Å². The van der Waals surface area contributed by atoms with Crippen molar-refractivity contribution in [3.8, 4) is 5.75 Å². The molecule has 0 saturated heterocycles. The van der Waals surface area contributed by atoms with Gasteiger partial charge < -0.3 is 9.84 Å². The van der Waals surface area contributed by atoms with Gasteiger partial charge in [-0.3, -0.25) is 0 Å². The van der Waals surface area contributed by atoms with Crippen molar-refractivity contribution >= 4 is 10.0 Å². The lowest BCUT2D eigenvalue weighted by Crippen LogP contribution is -2.30. The number of aliphatic hydroxyl groups is 1. The van der Waals surface area contributed by atoms with Gasteiger partial charge in [-0.15, -0.1) is 0 Å². The molecule has 118 valence electrons. The fourth-order valence-corrected chi connectivity index (χ4v) is 2.89. The van der Waals surface area contributed by atoms with Gasteiger partial charge >= 0.3 is 0 Å². The van der Waals surface area contributed by atoms with Gasteiger partial charge in [-0.1, -0.05) is 30.3 Å². The lowest BCUT2D eigenvalue weighted by molar-refractivity contribution is 0.198. The van der Waals surface area contributed by atoms with Crippen LogP contribution in [-0.4, -0.2) is 26.2 Å². The standard InChI is InChI=1S/C16H19NO4S/c1-13(18)11-17-22(19,20)16-9-7-15(8-10-16)21-12-14-5-3-2-4-6-14/h2-10,13,17-18H,11-12H2,1H3. The van der Waals surface area contributed by atoms with Crippen molar-refractivity contribution in [1.29, 1.82) is 0 Å². The molecule has 0 amide bonds. The highest BCUT2D eigenvalue weighted by Gasteiger charge is 2.14. The molecule has 0 spiro atoms. The molecule has 1 atom stereocenters. The van der Waals surface area contributed by atoms with Gasteiger partial charge in [0.05, 0.1) is 11.0 Å². The number of hydrogen-bond donors (Lipinski definition) is 2. The summed E-state index contributed by atoms with van der Waals surface area (Å²) in [6.45, 7) is 1.92. The third kappa shape index (κ3) is 4.84. The fraction of sp³-hybridized carbons (Fsp3) is 0.250. The molecule has 0 aliphatic carbocycles. The number of hydrogen-bond acceptors (Lipinski definition) is 4. The number of benzene rings is 2.